The van der Waals surface area contributed by atoms with Gasteiger partial charge in [-0.1, -0.05) is 48.4 Å². The van der Waals surface area contributed by atoms with Gasteiger partial charge in [0.05, 0.1) is 0 Å². The van der Waals surface area contributed by atoms with E-state index in [1.165, 1.54) is 16.7 Å². The topological polar surface area (TPSA) is 12.0 Å². The molecule has 1 N–H and O–H groups in total. The van der Waals surface area contributed by atoms with E-state index in [1.807, 2.05) is 0 Å². The lowest BCUT2D eigenvalue weighted by Crippen LogP contribution is -2.14. The molecule has 0 amide bonds. The smallest absolute Gasteiger partial charge is 0.0165 e. The Morgan fingerprint density at radius 3 is 2.86 bits per heavy atom. The van der Waals surface area contributed by atoms with Crippen molar-refractivity contribution in [1.82, 2.24) is 5.32 Å². The van der Waals surface area contributed by atoms with Gasteiger partial charge in [-0.25, -0.2) is 0 Å². The lowest BCUT2D eigenvalue weighted by Gasteiger charge is -2.02. The first kappa shape index (κ1) is 11.0. The van der Waals surface area contributed by atoms with E-state index in [-0.39, 0.29) is 0 Å². The van der Waals surface area contributed by atoms with Crippen molar-refractivity contribution in [2.24, 2.45) is 0 Å². The van der Waals surface area contributed by atoms with Crippen LogP contribution in [0.5, 0.6) is 0 Å². The Kier molecular flexibility index (Phi) is 4.41. The highest BCUT2D eigenvalue weighted by molar-refractivity contribution is 5.53. The first-order valence-corrected chi connectivity index (χ1v) is 5.17. The first-order valence-electron chi connectivity index (χ1n) is 5.17. The van der Waals surface area contributed by atoms with Gasteiger partial charge in [0.2, 0.25) is 0 Å². The van der Waals surface area contributed by atoms with Crippen molar-refractivity contribution >= 4 is 6.08 Å². The van der Waals surface area contributed by atoms with Gasteiger partial charge in [-0.05, 0) is 26.0 Å². The molecule has 0 saturated heterocycles. The van der Waals surface area contributed by atoms with Crippen LogP contribution in [0.1, 0.15) is 25.0 Å². The second-order valence-corrected chi connectivity index (χ2v) is 3.69. The van der Waals surface area contributed by atoms with E-state index in [0.717, 1.165) is 13.1 Å². The fourth-order valence-corrected chi connectivity index (χ4v) is 1.42. The lowest BCUT2D eigenvalue weighted by molar-refractivity contribution is 0.778. The molecule has 1 heteroatoms. The number of aryl methyl sites for hydroxylation is 1. The third-order valence-corrected chi connectivity index (χ3v) is 2.11. The predicted molar refractivity (Wildman–Crippen MR) is 63.4 cm³/mol. The first-order chi connectivity index (χ1) is 6.72. The minimum atomic E-state index is 0.977. The summed E-state index contributed by atoms with van der Waals surface area (Å²) in [4.78, 5) is 0. The molecule has 1 nitrogen and oxygen atoms in total. The summed E-state index contributed by atoms with van der Waals surface area (Å²) in [7, 11) is 0. The molecule has 1 aromatic rings. The van der Waals surface area contributed by atoms with E-state index < -0.39 is 0 Å². The van der Waals surface area contributed by atoms with Crippen LogP contribution in [0.25, 0.3) is 6.08 Å². The standard InChI is InChI=1S/C13H19N/c1-4-14-10-12(3)9-13-7-5-6-11(2)8-13/h5-9,14H,4,10H2,1-3H3. The fourth-order valence-electron chi connectivity index (χ4n) is 1.42. The van der Waals surface area contributed by atoms with Crippen molar-refractivity contribution in [3.05, 3.63) is 41.0 Å². The number of rotatable bonds is 4. The van der Waals surface area contributed by atoms with E-state index in [9.17, 15) is 0 Å². The molecule has 1 rings (SSSR count). The normalized spacial score (nSPS) is 11.8. The molecular formula is C13H19N. The highest BCUT2D eigenvalue weighted by Crippen LogP contribution is 2.08. The SMILES string of the molecule is CCNCC(C)=Cc1cccc(C)c1. The minimum absolute atomic E-state index is 0.977. The number of benzene rings is 1. The van der Waals surface area contributed by atoms with Gasteiger partial charge in [-0.2, -0.15) is 0 Å². The Morgan fingerprint density at radius 1 is 1.43 bits per heavy atom. The van der Waals surface area contributed by atoms with Gasteiger partial charge < -0.3 is 5.32 Å². The largest absolute Gasteiger partial charge is 0.313 e. The predicted octanol–water partition coefficient (Wildman–Crippen LogP) is 3.01. The van der Waals surface area contributed by atoms with E-state index in [2.05, 4.69) is 56.4 Å². The number of nitrogens with one attached hydrogen (secondary N) is 1. The Labute approximate surface area is 86.8 Å². The van der Waals surface area contributed by atoms with E-state index in [1.54, 1.807) is 0 Å². The van der Waals surface area contributed by atoms with Crippen molar-refractivity contribution in [3.63, 3.8) is 0 Å². The number of hydrogen-bond acceptors (Lipinski definition) is 1. The molecule has 0 heterocycles. The molecule has 0 aromatic heterocycles. The van der Waals surface area contributed by atoms with Gasteiger partial charge in [0, 0.05) is 6.54 Å². The molecule has 1 aromatic carbocycles. The maximum atomic E-state index is 3.31. The van der Waals surface area contributed by atoms with Crippen LogP contribution in [0.15, 0.2) is 29.8 Å². The molecule has 0 saturated carbocycles. The van der Waals surface area contributed by atoms with Crippen molar-refractivity contribution in [1.29, 1.82) is 0 Å². The van der Waals surface area contributed by atoms with Crippen LogP contribution < -0.4 is 5.32 Å². The third kappa shape index (κ3) is 3.75. The Bertz CT molecular complexity index is 313. The van der Waals surface area contributed by atoms with Crippen LogP contribution >= 0.6 is 0 Å². The zero-order valence-corrected chi connectivity index (χ0v) is 9.30. The highest BCUT2D eigenvalue weighted by atomic mass is 14.8. The summed E-state index contributed by atoms with van der Waals surface area (Å²) in [5, 5.41) is 3.31. The zero-order valence-electron chi connectivity index (χ0n) is 9.30. The van der Waals surface area contributed by atoms with Gasteiger partial charge in [-0.3, -0.25) is 0 Å². The second kappa shape index (κ2) is 5.61. The summed E-state index contributed by atoms with van der Waals surface area (Å²) >= 11 is 0. The fraction of sp³-hybridized carbons (Fsp3) is 0.385. The molecular weight excluding hydrogens is 170 g/mol. The van der Waals surface area contributed by atoms with Crippen molar-refractivity contribution < 1.29 is 0 Å². The number of hydrogen-bond donors (Lipinski definition) is 1. The van der Waals surface area contributed by atoms with Crippen molar-refractivity contribution in [2.45, 2.75) is 20.8 Å². The van der Waals surface area contributed by atoms with Crippen LogP contribution in [-0.2, 0) is 0 Å². The summed E-state index contributed by atoms with van der Waals surface area (Å²) in [6.07, 6.45) is 2.23. The molecule has 0 aliphatic rings. The summed E-state index contributed by atoms with van der Waals surface area (Å²) in [5.74, 6) is 0. The van der Waals surface area contributed by atoms with Gasteiger partial charge in [0.25, 0.3) is 0 Å². The average molecular weight is 189 g/mol. The monoisotopic (exact) mass is 189 g/mol. The lowest BCUT2D eigenvalue weighted by atomic mass is 10.1. The molecule has 14 heavy (non-hydrogen) atoms. The van der Waals surface area contributed by atoms with Crippen LogP contribution in [0, 0.1) is 6.92 Å². The molecule has 0 unspecified atom stereocenters. The second-order valence-electron chi connectivity index (χ2n) is 3.69. The van der Waals surface area contributed by atoms with Crippen LogP contribution in [0.2, 0.25) is 0 Å². The zero-order chi connectivity index (χ0) is 10.4. The molecule has 0 fully saturated rings. The third-order valence-electron chi connectivity index (χ3n) is 2.11. The summed E-state index contributed by atoms with van der Waals surface area (Å²) < 4.78 is 0. The molecule has 76 valence electrons. The molecule has 0 aliphatic carbocycles. The molecule has 0 aliphatic heterocycles. The van der Waals surface area contributed by atoms with Gasteiger partial charge in [-0.15, -0.1) is 0 Å². The van der Waals surface area contributed by atoms with Gasteiger partial charge in [0.1, 0.15) is 0 Å². The quantitative estimate of drug-likeness (QED) is 0.767. The molecule has 0 atom stereocenters. The molecule has 0 radical (unpaired) electrons. The van der Waals surface area contributed by atoms with Crippen LogP contribution in [0.4, 0.5) is 0 Å². The van der Waals surface area contributed by atoms with E-state index in [4.69, 9.17) is 0 Å². The van der Waals surface area contributed by atoms with Gasteiger partial charge >= 0.3 is 0 Å². The highest BCUT2D eigenvalue weighted by Gasteiger charge is 1.91. The Hall–Kier alpha value is -1.08. The number of likely N-dealkylation sites (N-methyl/N-ethyl adjacent to an activating group) is 1. The Morgan fingerprint density at radius 2 is 2.21 bits per heavy atom. The maximum absolute atomic E-state index is 3.31. The van der Waals surface area contributed by atoms with E-state index >= 15 is 0 Å². The van der Waals surface area contributed by atoms with Crippen LogP contribution in [0.3, 0.4) is 0 Å². The van der Waals surface area contributed by atoms with E-state index in [0.29, 0.717) is 0 Å². The minimum Gasteiger partial charge on any atom is -0.313 e. The molecule has 0 bridgehead atoms. The summed E-state index contributed by atoms with van der Waals surface area (Å²) in [5.41, 5.74) is 3.98. The molecule has 0 spiro atoms. The van der Waals surface area contributed by atoms with Crippen molar-refractivity contribution in [3.8, 4) is 0 Å². The van der Waals surface area contributed by atoms with Crippen molar-refractivity contribution in [2.75, 3.05) is 13.1 Å². The van der Waals surface area contributed by atoms with Crippen LogP contribution in [-0.4, -0.2) is 13.1 Å². The maximum Gasteiger partial charge on any atom is 0.0165 e. The Balaban J connectivity index is 2.66. The summed E-state index contributed by atoms with van der Waals surface area (Å²) in [6.45, 7) is 8.41. The summed E-state index contributed by atoms with van der Waals surface area (Å²) in [6, 6.07) is 8.57. The average Bonchev–Trinajstić information content (AvgIpc) is 2.15. The van der Waals surface area contributed by atoms with Gasteiger partial charge in [0.15, 0.2) is 0 Å².